The molecule has 4 aromatic rings. The normalized spacial score (nSPS) is 10.9. The molecule has 2 aromatic carbocycles. The van der Waals surface area contributed by atoms with Crippen LogP contribution in [-0.2, 0) is 0 Å². The molecule has 0 saturated heterocycles. The molecule has 4 rings (SSSR count). The van der Waals surface area contributed by atoms with E-state index in [4.69, 9.17) is 4.42 Å². The molecule has 6 nitrogen and oxygen atoms in total. The molecular formula is C18H13N3O3S. The van der Waals surface area contributed by atoms with Crippen molar-refractivity contribution in [2.75, 3.05) is 5.32 Å². The number of amides is 1. The number of aryl methyl sites for hydroxylation is 1. The van der Waals surface area contributed by atoms with Crippen LogP contribution in [-0.4, -0.2) is 15.9 Å². The highest BCUT2D eigenvalue weighted by molar-refractivity contribution is 7.13. The first-order valence-corrected chi connectivity index (χ1v) is 8.43. The van der Waals surface area contributed by atoms with Gasteiger partial charge in [-0.25, -0.2) is 9.78 Å². The van der Waals surface area contributed by atoms with Gasteiger partial charge in [-0.2, -0.15) is 0 Å². The zero-order chi connectivity index (χ0) is 17.4. The average molecular weight is 351 g/mol. The van der Waals surface area contributed by atoms with Gasteiger partial charge in [0, 0.05) is 16.6 Å². The van der Waals surface area contributed by atoms with Crippen molar-refractivity contribution >= 4 is 34.0 Å². The Morgan fingerprint density at radius 2 is 2.00 bits per heavy atom. The Balaban J connectivity index is 1.56. The van der Waals surface area contributed by atoms with E-state index in [0.29, 0.717) is 22.5 Å². The molecule has 0 radical (unpaired) electrons. The first-order chi connectivity index (χ1) is 12.1. The molecule has 1 amide bonds. The summed E-state index contributed by atoms with van der Waals surface area (Å²) in [5, 5.41) is 5.29. The number of hydrogen-bond donors (Lipinski definition) is 2. The molecule has 0 unspecified atom stereocenters. The van der Waals surface area contributed by atoms with E-state index < -0.39 is 5.76 Å². The second kappa shape index (κ2) is 6.03. The van der Waals surface area contributed by atoms with E-state index in [1.807, 2.05) is 31.2 Å². The maximum absolute atomic E-state index is 12.4. The Morgan fingerprint density at radius 3 is 2.80 bits per heavy atom. The lowest BCUT2D eigenvalue weighted by atomic mass is 10.2. The summed E-state index contributed by atoms with van der Waals surface area (Å²) in [5.41, 5.74) is 4.03. The summed E-state index contributed by atoms with van der Waals surface area (Å²) in [4.78, 5) is 30.5. The monoisotopic (exact) mass is 351 g/mol. The molecule has 124 valence electrons. The molecule has 25 heavy (non-hydrogen) atoms. The van der Waals surface area contributed by atoms with Crippen LogP contribution in [0.1, 0.15) is 16.1 Å². The number of hydrogen-bond acceptors (Lipinski definition) is 5. The van der Waals surface area contributed by atoms with E-state index in [1.54, 1.807) is 23.6 Å². The second-order valence-corrected chi connectivity index (χ2v) is 6.44. The third kappa shape index (κ3) is 3.09. The lowest BCUT2D eigenvalue weighted by molar-refractivity contribution is 0.102. The molecule has 7 heteroatoms. The lowest BCUT2D eigenvalue weighted by Crippen LogP contribution is -2.12. The fourth-order valence-electron chi connectivity index (χ4n) is 2.43. The summed E-state index contributed by atoms with van der Waals surface area (Å²) in [5.74, 6) is -0.833. The van der Waals surface area contributed by atoms with Crippen LogP contribution < -0.4 is 11.1 Å². The van der Waals surface area contributed by atoms with Crippen molar-refractivity contribution in [3.8, 4) is 10.6 Å². The number of nitrogens with zero attached hydrogens (tertiary/aromatic N) is 1. The zero-order valence-electron chi connectivity index (χ0n) is 13.2. The van der Waals surface area contributed by atoms with Gasteiger partial charge in [0.25, 0.3) is 5.91 Å². The number of benzene rings is 2. The van der Waals surface area contributed by atoms with Gasteiger partial charge in [0.05, 0.1) is 5.52 Å². The topological polar surface area (TPSA) is 88.0 Å². The van der Waals surface area contributed by atoms with Crippen LogP contribution in [0.25, 0.3) is 21.7 Å². The maximum atomic E-state index is 12.4. The molecule has 0 aliphatic rings. The molecule has 0 atom stereocenters. The van der Waals surface area contributed by atoms with E-state index in [0.717, 1.165) is 10.6 Å². The van der Waals surface area contributed by atoms with Crippen LogP contribution in [0, 0.1) is 6.92 Å². The Morgan fingerprint density at radius 1 is 1.20 bits per heavy atom. The summed E-state index contributed by atoms with van der Waals surface area (Å²) < 4.78 is 4.94. The Bertz CT molecular complexity index is 1120. The van der Waals surface area contributed by atoms with Gasteiger partial charge >= 0.3 is 5.76 Å². The van der Waals surface area contributed by atoms with Crippen LogP contribution in [0.3, 0.4) is 0 Å². The molecule has 0 saturated carbocycles. The Hall–Kier alpha value is -3.19. The number of oxazole rings is 1. The number of H-pyrrole nitrogens is 1. The van der Waals surface area contributed by atoms with Gasteiger partial charge < -0.3 is 9.73 Å². The molecular weight excluding hydrogens is 338 g/mol. The molecule has 0 bridgehead atoms. The number of fused-ring (bicyclic) bond motifs is 1. The summed E-state index contributed by atoms with van der Waals surface area (Å²) in [6, 6.07) is 12.9. The highest BCUT2D eigenvalue weighted by atomic mass is 32.1. The fourth-order valence-corrected chi connectivity index (χ4v) is 3.24. The number of thiazole rings is 1. The average Bonchev–Trinajstić information content (AvgIpc) is 3.21. The van der Waals surface area contributed by atoms with Crippen molar-refractivity contribution in [1.29, 1.82) is 0 Å². The molecule has 2 N–H and O–H groups in total. The molecule has 0 fully saturated rings. The molecule has 2 aromatic heterocycles. The van der Waals surface area contributed by atoms with Crippen molar-refractivity contribution in [2.45, 2.75) is 6.92 Å². The summed E-state index contributed by atoms with van der Waals surface area (Å²) in [7, 11) is 0. The summed E-state index contributed by atoms with van der Waals surface area (Å²) in [6.07, 6.45) is 0. The Labute approximate surface area is 146 Å². The summed E-state index contributed by atoms with van der Waals surface area (Å²) >= 11 is 1.42. The predicted octanol–water partition coefficient (Wildman–Crippen LogP) is 3.81. The van der Waals surface area contributed by atoms with Crippen molar-refractivity contribution in [1.82, 2.24) is 9.97 Å². The number of carbonyl (C=O) groups is 1. The van der Waals surface area contributed by atoms with E-state index in [9.17, 15) is 9.59 Å². The lowest BCUT2D eigenvalue weighted by Gasteiger charge is -2.02. The number of aromatic nitrogens is 2. The second-order valence-electron chi connectivity index (χ2n) is 5.58. The molecule has 0 spiro atoms. The predicted molar refractivity (Wildman–Crippen MR) is 97.1 cm³/mol. The van der Waals surface area contributed by atoms with Gasteiger partial charge in [0.2, 0.25) is 0 Å². The molecule has 0 aliphatic heterocycles. The number of anilines is 1. The van der Waals surface area contributed by atoms with Crippen molar-refractivity contribution < 1.29 is 9.21 Å². The van der Waals surface area contributed by atoms with E-state index >= 15 is 0 Å². The van der Waals surface area contributed by atoms with Gasteiger partial charge in [0.15, 0.2) is 5.58 Å². The van der Waals surface area contributed by atoms with E-state index in [1.165, 1.54) is 16.9 Å². The van der Waals surface area contributed by atoms with Crippen LogP contribution in [0.2, 0.25) is 0 Å². The standard InChI is InChI=1S/C18H13N3O3S/c1-10-2-4-11(5-3-10)17-20-14(9-25-17)16(22)19-12-6-7-15-13(8-12)21-18(23)24-15/h2-9H,1H3,(H,19,22)(H,21,23). The maximum Gasteiger partial charge on any atom is 0.417 e. The van der Waals surface area contributed by atoms with E-state index in [-0.39, 0.29) is 5.91 Å². The summed E-state index contributed by atoms with van der Waals surface area (Å²) in [6.45, 7) is 2.02. The van der Waals surface area contributed by atoms with Crippen LogP contribution in [0.5, 0.6) is 0 Å². The number of rotatable bonds is 3. The van der Waals surface area contributed by atoms with Gasteiger partial charge in [0.1, 0.15) is 10.7 Å². The fraction of sp³-hybridized carbons (Fsp3) is 0.0556. The van der Waals surface area contributed by atoms with Crippen molar-refractivity contribution in [3.05, 3.63) is 69.7 Å². The van der Waals surface area contributed by atoms with Crippen LogP contribution in [0.4, 0.5) is 5.69 Å². The first kappa shape index (κ1) is 15.3. The minimum atomic E-state index is -0.527. The van der Waals surface area contributed by atoms with Crippen LogP contribution in [0.15, 0.2) is 57.1 Å². The molecule has 0 aliphatic carbocycles. The number of aromatic amines is 1. The zero-order valence-corrected chi connectivity index (χ0v) is 14.0. The number of nitrogens with one attached hydrogen (secondary N) is 2. The Kier molecular flexibility index (Phi) is 3.70. The number of carbonyl (C=O) groups excluding carboxylic acids is 1. The van der Waals surface area contributed by atoms with Gasteiger partial charge in [-0.3, -0.25) is 9.78 Å². The highest BCUT2D eigenvalue weighted by Crippen LogP contribution is 2.24. The van der Waals surface area contributed by atoms with Gasteiger partial charge in [-0.1, -0.05) is 29.8 Å². The van der Waals surface area contributed by atoms with Crippen molar-refractivity contribution in [3.63, 3.8) is 0 Å². The third-order valence-electron chi connectivity index (χ3n) is 3.71. The quantitative estimate of drug-likeness (QED) is 0.587. The highest BCUT2D eigenvalue weighted by Gasteiger charge is 2.13. The van der Waals surface area contributed by atoms with E-state index in [2.05, 4.69) is 15.3 Å². The SMILES string of the molecule is Cc1ccc(-c2nc(C(=O)Nc3ccc4oc(=O)[nH]c4c3)cs2)cc1. The smallest absolute Gasteiger partial charge is 0.408 e. The molecule has 2 heterocycles. The third-order valence-corrected chi connectivity index (χ3v) is 4.60. The van der Waals surface area contributed by atoms with Crippen molar-refractivity contribution in [2.24, 2.45) is 0 Å². The minimum absolute atomic E-state index is 0.306. The minimum Gasteiger partial charge on any atom is -0.408 e. The first-order valence-electron chi connectivity index (χ1n) is 7.55. The van der Waals surface area contributed by atoms with Crippen LogP contribution >= 0.6 is 11.3 Å². The largest absolute Gasteiger partial charge is 0.417 e. The van der Waals surface area contributed by atoms with Gasteiger partial charge in [-0.15, -0.1) is 11.3 Å². The van der Waals surface area contributed by atoms with Gasteiger partial charge in [-0.05, 0) is 25.1 Å².